The molecule has 1 fully saturated rings. The van der Waals surface area contributed by atoms with E-state index in [2.05, 4.69) is 24.8 Å². The topological polar surface area (TPSA) is 76.7 Å². The molecule has 8 heteroatoms. The van der Waals surface area contributed by atoms with Crippen molar-refractivity contribution in [1.82, 2.24) is 19.5 Å². The van der Waals surface area contributed by atoms with Gasteiger partial charge < -0.3 is 9.84 Å². The van der Waals surface area contributed by atoms with E-state index in [0.717, 1.165) is 16.5 Å². The number of hydrogen-bond acceptors (Lipinski definition) is 7. The van der Waals surface area contributed by atoms with Gasteiger partial charge in [-0.2, -0.15) is 9.36 Å². The molecule has 4 rings (SSSR count). The smallest absolute Gasteiger partial charge is 0.257 e. The van der Waals surface area contributed by atoms with Gasteiger partial charge in [-0.1, -0.05) is 16.8 Å². The van der Waals surface area contributed by atoms with Crippen LogP contribution in [-0.4, -0.2) is 19.5 Å². The van der Waals surface area contributed by atoms with Crippen LogP contribution in [0.2, 0.25) is 5.02 Å². The van der Waals surface area contributed by atoms with Gasteiger partial charge in [0.25, 0.3) is 5.89 Å². The molecule has 1 saturated carbocycles. The van der Waals surface area contributed by atoms with E-state index in [4.69, 9.17) is 16.1 Å². The molecule has 2 heterocycles. The molecular formula is C15H14ClN5OS. The summed E-state index contributed by atoms with van der Waals surface area (Å²) >= 11 is 7.26. The number of anilines is 1. The zero-order chi connectivity index (χ0) is 15.8. The predicted molar refractivity (Wildman–Crippen MR) is 88.7 cm³/mol. The predicted octanol–water partition coefficient (Wildman–Crippen LogP) is 4.29. The molecule has 1 aliphatic carbocycles. The summed E-state index contributed by atoms with van der Waals surface area (Å²) in [6.07, 6.45) is 2.39. The second-order valence-electron chi connectivity index (χ2n) is 5.56. The van der Waals surface area contributed by atoms with Gasteiger partial charge >= 0.3 is 0 Å². The van der Waals surface area contributed by atoms with Crippen molar-refractivity contribution in [2.75, 3.05) is 5.32 Å². The van der Waals surface area contributed by atoms with E-state index in [-0.39, 0.29) is 6.04 Å². The lowest BCUT2D eigenvalue weighted by Crippen LogP contribution is -2.08. The lowest BCUT2D eigenvalue weighted by atomic mass is 10.2. The molecule has 0 saturated heterocycles. The third kappa shape index (κ3) is 3.20. The summed E-state index contributed by atoms with van der Waals surface area (Å²) in [5.41, 5.74) is 0.840. The third-order valence-electron chi connectivity index (χ3n) is 3.64. The van der Waals surface area contributed by atoms with Gasteiger partial charge in [-0.05, 0) is 44.0 Å². The minimum Gasteiger partial charge on any atom is -0.350 e. The standard InChI is InChI=1S/C15H14ClN5OS/c1-8(17-15-19-13(21-23-15)9-2-3-9)12-18-14(22-20-12)10-4-6-11(16)7-5-10/h4-9H,2-3H2,1H3,(H,17,19,21). The van der Waals surface area contributed by atoms with Crippen LogP contribution in [0.4, 0.5) is 5.13 Å². The van der Waals surface area contributed by atoms with Crippen molar-refractivity contribution in [3.63, 3.8) is 0 Å². The molecule has 0 spiro atoms. The Labute approximate surface area is 142 Å². The molecule has 0 radical (unpaired) electrons. The summed E-state index contributed by atoms with van der Waals surface area (Å²) in [6.45, 7) is 1.97. The zero-order valence-corrected chi connectivity index (χ0v) is 13.9. The number of nitrogens with zero attached hydrogens (tertiary/aromatic N) is 4. The Morgan fingerprint density at radius 3 is 2.78 bits per heavy atom. The number of rotatable bonds is 5. The van der Waals surface area contributed by atoms with Crippen molar-refractivity contribution in [3.05, 3.63) is 40.9 Å². The van der Waals surface area contributed by atoms with Crippen molar-refractivity contribution < 1.29 is 4.52 Å². The molecule has 0 bridgehead atoms. The summed E-state index contributed by atoms with van der Waals surface area (Å²) in [6, 6.07) is 7.18. The molecule has 1 aliphatic rings. The van der Waals surface area contributed by atoms with E-state index in [1.54, 1.807) is 12.1 Å². The fraction of sp³-hybridized carbons (Fsp3) is 0.333. The Balaban J connectivity index is 1.47. The van der Waals surface area contributed by atoms with Gasteiger partial charge in [0, 0.05) is 28.0 Å². The van der Waals surface area contributed by atoms with Gasteiger partial charge in [0.05, 0.1) is 6.04 Å². The SMILES string of the molecule is CC(Nc1nc(C2CC2)ns1)c1noc(-c2ccc(Cl)cc2)n1. The average Bonchev–Trinajstić information content (AvgIpc) is 3.10. The van der Waals surface area contributed by atoms with Crippen molar-refractivity contribution in [3.8, 4) is 11.5 Å². The molecule has 1 unspecified atom stereocenters. The highest BCUT2D eigenvalue weighted by molar-refractivity contribution is 7.09. The quantitative estimate of drug-likeness (QED) is 0.741. The maximum Gasteiger partial charge on any atom is 0.257 e. The van der Waals surface area contributed by atoms with E-state index in [0.29, 0.717) is 22.7 Å². The largest absolute Gasteiger partial charge is 0.350 e. The number of aromatic nitrogens is 4. The average molecular weight is 348 g/mol. The molecular weight excluding hydrogens is 334 g/mol. The van der Waals surface area contributed by atoms with Crippen molar-refractivity contribution in [1.29, 1.82) is 0 Å². The maximum absolute atomic E-state index is 5.89. The minimum atomic E-state index is -0.111. The van der Waals surface area contributed by atoms with Gasteiger partial charge in [-0.15, -0.1) is 0 Å². The molecule has 0 aliphatic heterocycles. The Hall–Kier alpha value is -1.99. The summed E-state index contributed by atoms with van der Waals surface area (Å²) in [4.78, 5) is 8.94. The van der Waals surface area contributed by atoms with Crippen LogP contribution in [0.3, 0.4) is 0 Å². The molecule has 1 atom stereocenters. The molecule has 1 N–H and O–H groups in total. The van der Waals surface area contributed by atoms with Crippen LogP contribution in [0.1, 0.15) is 43.4 Å². The van der Waals surface area contributed by atoms with Crippen molar-refractivity contribution in [2.24, 2.45) is 0 Å². The fourth-order valence-corrected chi connectivity index (χ4v) is 3.03. The first-order chi connectivity index (χ1) is 11.2. The zero-order valence-electron chi connectivity index (χ0n) is 12.4. The van der Waals surface area contributed by atoms with E-state index in [1.807, 2.05) is 19.1 Å². The number of nitrogens with one attached hydrogen (secondary N) is 1. The van der Waals surface area contributed by atoms with Crippen molar-refractivity contribution >= 4 is 28.3 Å². The van der Waals surface area contributed by atoms with Crippen molar-refractivity contribution in [2.45, 2.75) is 31.7 Å². The Kier molecular flexibility index (Phi) is 3.74. The molecule has 3 aromatic rings. The second-order valence-corrected chi connectivity index (χ2v) is 6.75. The Morgan fingerprint density at radius 2 is 2.04 bits per heavy atom. The molecule has 118 valence electrons. The molecule has 0 amide bonds. The lowest BCUT2D eigenvalue weighted by Gasteiger charge is -2.06. The Bertz CT molecular complexity index is 811. The van der Waals surface area contributed by atoms with Crippen LogP contribution >= 0.6 is 23.1 Å². The highest BCUT2D eigenvalue weighted by atomic mass is 35.5. The van der Waals surface area contributed by atoms with E-state index in [1.165, 1.54) is 24.4 Å². The number of benzene rings is 1. The number of halogens is 1. The second kappa shape index (κ2) is 5.90. The van der Waals surface area contributed by atoms with Gasteiger partial charge in [0.15, 0.2) is 5.82 Å². The Morgan fingerprint density at radius 1 is 1.26 bits per heavy atom. The maximum atomic E-state index is 5.89. The van der Waals surface area contributed by atoms with Gasteiger partial charge in [0.2, 0.25) is 5.13 Å². The van der Waals surface area contributed by atoms with E-state index < -0.39 is 0 Å². The lowest BCUT2D eigenvalue weighted by molar-refractivity contribution is 0.420. The molecule has 6 nitrogen and oxygen atoms in total. The van der Waals surface area contributed by atoms with Crippen LogP contribution in [0, 0.1) is 0 Å². The van der Waals surface area contributed by atoms with Gasteiger partial charge in [-0.3, -0.25) is 0 Å². The highest BCUT2D eigenvalue weighted by Crippen LogP contribution is 2.39. The highest BCUT2D eigenvalue weighted by Gasteiger charge is 2.28. The first-order valence-corrected chi connectivity index (χ1v) is 8.54. The van der Waals surface area contributed by atoms with Crippen LogP contribution in [0.25, 0.3) is 11.5 Å². The van der Waals surface area contributed by atoms with E-state index >= 15 is 0 Å². The molecule has 1 aromatic carbocycles. The minimum absolute atomic E-state index is 0.111. The van der Waals surface area contributed by atoms with E-state index in [9.17, 15) is 0 Å². The fourth-order valence-electron chi connectivity index (χ4n) is 2.17. The number of hydrogen-bond donors (Lipinski definition) is 1. The van der Waals surface area contributed by atoms with Gasteiger partial charge in [-0.25, -0.2) is 4.98 Å². The third-order valence-corrected chi connectivity index (χ3v) is 4.56. The first kappa shape index (κ1) is 14.6. The summed E-state index contributed by atoms with van der Waals surface area (Å²) in [5, 5.41) is 8.78. The monoisotopic (exact) mass is 347 g/mol. The van der Waals surface area contributed by atoms with Crippen LogP contribution in [0.15, 0.2) is 28.8 Å². The summed E-state index contributed by atoms with van der Waals surface area (Å²) in [5.74, 6) is 2.55. The molecule has 2 aromatic heterocycles. The van der Waals surface area contributed by atoms with Crippen LogP contribution in [0.5, 0.6) is 0 Å². The summed E-state index contributed by atoms with van der Waals surface area (Å²) in [7, 11) is 0. The first-order valence-electron chi connectivity index (χ1n) is 7.39. The van der Waals surface area contributed by atoms with Crippen LogP contribution < -0.4 is 5.32 Å². The van der Waals surface area contributed by atoms with Crippen LogP contribution in [-0.2, 0) is 0 Å². The van der Waals surface area contributed by atoms with Gasteiger partial charge in [0.1, 0.15) is 5.82 Å². The normalized spacial score (nSPS) is 15.6. The summed E-state index contributed by atoms with van der Waals surface area (Å²) < 4.78 is 9.70. The molecule has 23 heavy (non-hydrogen) atoms.